The van der Waals surface area contributed by atoms with Gasteiger partial charge >= 0.3 is 0 Å². The molecule has 0 aliphatic heterocycles. The Bertz CT molecular complexity index is 879. The molecule has 0 atom stereocenters. The molecule has 0 fully saturated rings. The number of hydrogen-bond acceptors (Lipinski definition) is 5. The molecule has 1 amide bonds. The molecule has 0 saturated heterocycles. The Hall–Kier alpha value is -3.41. The van der Waals surface area contributed by atoms with Crippen molar-refractivity contribution in [3.63, 3.8) is 0 Å². The van der Waals surface area contributed by atoms with Crippen LogP contribution in [0.15, 0.2) is 60.7 Å². The van der Waals surface area contributed by atoms with Crippen LogP contribution in [-0.4, -0.2) is 23.2 Å². The summed E-state index contributed by atoms with van der Waals surface area (Å²) >= 11 is 0. The van der Waals surface area contributed by atoms with Crippen LogP contribution >= 0.6 is 0 Å². The molecule has 126 valence electrons. The number of ether oxygens (including phenoxy) is 1. The predicted octanol–water partition coefficient (Wildman–Crippen LogP) is 3.79. The molecule has 2 aromatic carbocycles. The summed E-state index contributed by atoms with van der Waals surface area (Å²) in [6.07, 6.45) is 0. The largest absolute Gasteiger partial charge is 0.495 e. The zero-order valence-corrected chi connectivity index (χ0v) is 14.0. The van der Waals surface area contributed by atoms with Crippen molar-refractivity contribution in [1.29, 1.82) is 0 Å². The number of aryl methyl sites for hydroxylation is 1. The highest BCUT2D eigenvalue weighted by atomic mass is 16.5. The number of para-hydroxylation sites is 3. The Morgan fingerprint density at radius 2 is 1.64 bits per heavy atom. The number of nitrogens with zero attached hydrogens (tertiary/aromatic N) is 2. The Morgan fingerprint density at radius 3 is 2.32 bits per heavy atom. The summed E-state index contributed by atoms with van der Waals surface area (Å²) in [5.74, 6) is 0.924. The monoisotopic (exact) mass is 334 g/mol. The number of amides is 1. The van der Waals surface area contributed by atoms with Gasteiger partial charge < -0.3 is 15.4 Å². The van der Waals surface area contributed by atoms with Gasteiger partial charge in [0.2, 0.25) is 0 Å². The van der Waals surface area contributed by atoms with E-state index in [1.165, 1.54) is 0 Å². The number of rotatable bonds is 5. The van der Waals surface area contributed by atoms with Gasteiger partial charge in [-0.2, -0.15) is 0 Å². The SMILES string of the molecule is COc1ccccc1Nc1ccc(C(=O)Nc2ccccc2C)nn1. The van der Waals surface area contributed by atoms with E-state index in [1.807, 2.05) is 55.5 Å². The molecule has 25 heavy (non-hydrogen) atoms. The lowest BCUT2D eigenvalue weighted by Crippen LogP contribution is -2.15. The van der Waals surface area contributed by atoms with Gasteiger partial charge in [-0.05, 0) is 42.8 Å². The molecule has 0 bridgehead atoms. The van der Waals surface area contributed by atoms with Gasteiger partial charge in [0.1, 0.15) is 5.75 Å². The summed E-state index contributed by atoms with van der Waals surface area (Å²) in [4.78, 5) is 12.3. The van der Waals surface area contributed by atoms with Gasteiger partial charge in [-0.1, -0.05) is 30.3 Å². The normalized spacial score (nSPS) is 10.2. The van der Waals surface area contributed by atoms with Crippen molar-refractivity contribution in [2.45, 2.75) is 6.92 Å². The van der Waals surface area contributed by atoms with Crippen molar-refractivity contribution in [3.05, 3.63) is 71.9 Å². The second-order valence-corrected chi connectivity index (χ2v) is 5.40. The van der Waals surface area contributed by atoms with E-state index in [2.05, 4.69) is 20.8 Å². The highest BCUT2D eigenvalue weighted by molar-refractivity contribution is 6.03. The molecule has 1 aromatic heterocycles. The lowest BCUT2D eigenvalue weighted by Gasteiger charge is -2.10. The second kappa shape index (κ2) is 7.44. The van der Waals surface area contributed by atoms with Crippen LogP contribution in [0.2, 0.25) is 0 Å². The van der Waals surface area contributed by atoms with Crippen LogP contribution in [0.4, 0.5) is 17.2 Å². The number of carbonyl (C=O) groups is 1. The Balaban J connectivity index is 1.72. The second-order valence-electron chi connectivity index (χ2n) is 5.40. The molecule has 6 nitrogen and oxygen atoms in total. The summed E-state index contributed by atoms with van der Waals surface area (Å²) in [5.41, 5.74) is 2.76. The summed E-state index contributed by atoms with van der Waals surface area (Å²) in [6, 6.07) is 18.4. The lowest BCUT2D eigenvalue weighted by molar-refractivity contribution is 0.102. The molecule has 0 unspecified atom stereocenters. The van der Waals surface area contributed by atoms with E-state index in [1.54, 1.807) is 19.2 Å². The van der Waals surface area contributed by atoms with Gasteiger partial charge in [0.15, 0.2) is 11.5 Å². The smallest absolute Gasteiger partial charge is 0.276 e. The number of methoxy groups -OCH3 is 1. The van der Waals surface area contributed by atoms with Gasteiger partial charge in [-0.25, -0.2) is 0 Å². The maximum atomic E-state index is 12.3. The van der Waals surface area contributed by atoms with Crippen molar-refractivity contribution in [1.82, 2.24) is 10.2 Å². The average Bonchev–Trinajstić information content (AvgIpc) is 2.64. The third-order valence-corrected chi connectivity index (χ3v) is 3.66. The van der Waals surface area contributed by atoms with E-state index in [-0.39, 0.29) is 11.6 Å². The minimum atomic E-state index is -0.300. The molecule has 0 radical (unpaired) electrons. The van der Waals surface area contributed by atoms with Crippen molar-refractivity contribution in [2.75, 3.05) is 17.7 Å². The minimum Gasteiger partial charge on any atom is -0.495 e. The zero-order valence-electron chi connectivity index (χ0n) is 14.0. The van der Waals surface area contributed by atoms with Crippen LogP contribution in [0.25, 0.3) is 0 Å². The van der Waals surface area contributed by atoms with Crippen molar-refractivity contribution in [2.24, 2.45) is 0 Å². The van der Waals surface area contributed by atoms with Gasteiger partial charge in [0.05, 0.1) is 12.8 Å². The molecule has 0 spiro atoms. The van der Waals surface area contributed by atoms with Crippen molar-refractivity contribution >= 4 is 23.1 Å². The molecule has 0 aliphatic carbocycles. The van der Waals surface area contributed by atoms with Gasteiger partial charge in [0.25, 0.3) is 5.91 Å². The molecule has 3 aromatic rings. The molecular formula is C19H18N4O2. The third-order valence-electron chi connectivity index (χ3n) is 3.66. The van der Waals surface area contributed by atoms with Crippen molar-refractivity contribution < 1.29 is 9.53 Å². The summed E-state index contributed by atoms with van der Waals surface area (Å²) < 4.78 is 5.28. The van der Waals surface area contributed by atoms with Crippen molar-refractivity contribution in [3.8, 4) is 5.75 Å². The number of nitrogens with one attached hydrogen (secondary N) is 2. The molecule has 1 heterocycles. The fraction of sp³-hybridized carbons (Fsp3) is 0.105. The average molecular weight is 334 g/mol. The Morgan fingerprint density at radius 1 is 0.920 bits per heavy atom. The van der Waals surface area contributed by atoms with Crippen LogP contribution in [0.5, 0.6) is 5.75 Å². The fourth-order valence-electron chi connectivity index (χ4n) is 2.31. The zero-order chi connectivity index (χ0) is 17.6. The number of anilines is 3. The molecule has 0 aliphatic rings. The number of hydrogen-bond donors (Lipinski definition) is 2. The number of benzene rings is 2. The lowest BCUT2D eigenvalue weighted by atomic mass is 10.2. The third kappa shape index (κ3) is 3.92. The maximum absolute atomic E-state index is 12.3. The van der Waals surface area contributed by atoms with Gasteiger partial charge in [-0.3, -0.25) is 4.79 Å². The van der Waals surface area contributed by atoms with Gasteiger partial charge in [0, 0.05) is 5.69 Å². The summed E-state index contributed by atoms with van der Waals surface area (Å²) in [5, 5.41) is 14.0. The topological polar surface area (TPSA) is 76.1 Å². The molecule has 6 heteroatoms. The first kappa shape index (κ1) is 16.4. The highest BCUT2D eigenvalue weighted by Gasteiger charge is 2.10. The van der Waals surface area contributed by atoms with E-state index < -0.39 is 0 Å². The quantitative estimate of drug-likeness (QED) is 0.742. The Labute approximate surface area is 145 Å². The molecule has 3 rings (SSSR count). The first-order valence-corrected chi connectivity index (χ1v) is 7.78. The first-order chi connectivity index (χ1) is 12.2. The van der Waals surface area contributed by atoms with E-state index in [0.29, 0.717) is 11.6 Å². The van der Waals surface area contributed by atoms with Gasteiger partial charge in [-0.15, -0.1) is 10.2 Å². The summed E-state index contributed by atoms with van der Waals surface area (Å²) in [6.45, 7) is 1.93. The predicted molar refractivity (Wildman–Crippen MR) is 97.4 cm³/mol. The minimum absolute atomic E-state index is 0.244. The van der Waals surface area contributed by atoms with Crippen LogP contribution in [0.3, 0.4) is 0 Å². The van der Waals surface area contributed by atoms with Crippen LogP contribution in [0.1, 0.15) is 16.1 Å². The standard InChI is InChI=1S/C19H18N4O2/c1-13-7-3-4-8-14(13)21-19(24)16-11-12-18(23-22-16)20-15-9-5-6-10-17(15)25-2/h3-12H,1-2H3,(H,20,23)(H,21,24). The maximum Gasteiger partial charge on any atom is 0.276 e. The molecule has 2 N–H and O–H groups in total. The first-order valence-electron chi connectivity index (χ1n) is 7.78. The molecular weight excluding hydrogens is 316 g/mol. The highest BCUT2D eigenvalue weighted by Crippen LogP contribution is 2.25. The van der Waals surface area contributed by atoms with E-state index in [9.17, 15) is 4.79 Å². The Kier molecular flexibility index (Phi) is 4.89. The van der Waals surface area contributed by atoms with Crippen LogP contribution in [-0.2, 0) is 0 Å². The van der Waals surface area contributed by atoms with E-state index in [0.717, 1.165) is 16.9 Å². The van der Waals surface area contributed by atoms with E-state index in [4.69, 9.17) is 4.74 Å². The summed E-state index contributed by atoms with van der Waals surface area (Å²) in [7, 11) is 1.60. The number of carbonyl (C=O) groups excluding carboxylic acids is 1. The number of aromatic nitrogens is 2. The molecule has 0 saturated carbocycles. The fourth-order valence-corrected chi connectivity index (χ4v) is 2.31. The van der Waals surface area contributed by atoms with Crippen LogP contribution in [0, 0.1) is 6.92 Å². The van der Waals surface area contributed by atoms with Crippen LogP contribution < -0.4 is 15.4 Å². The van der Waals surface area contributed by atoms with E-state index >= 15 is 0 Å².